The number of hydrogen-bond acceptors (Lipinski definition) is 6. The highest BCUT2D eigenvalue weighted by atomic mass is 32.2. The average molecular weight is 303 g/mol. The number of methoxy groups -OCH3 is 2. The molecule has 1 atom stereocenters. The van der Waals surface area contributed by atoms with E-state index in [2.05, 4.69) is 10.2 Å². The predicted molar refractivity (Wildman–Crippen MR) is 78.9 cm³/mol. The van der Waals surface area contributed by atoms with Crippen LogP contribution in [0.5, 0.6) is 11.5 Å². The third-order valence-corrected chi connectivity index (χ3v) is 4.22. The van der Waals surface area contributed by atoms with Gasteiger partial charge in [-0.15, -0.1) is 10.2 Å². The fourth-order valence-electron chi connectivity index (χ4n) is 2.04. The van der Waals surface area contributed by atoms with E-state index in [0.29, 0.717) is 5.16 Å². The summed E-state index contributed by atoms with van der Waals surface area (Å²) in [6.07, 6.45) is 5.13. The minimum atomic E-state index is -0.300. The molecule has 6 nitrogen and oxygen atoms in total. The van der Waals surface area contributed by atoms with E-state index in [0.717, 1.165) is 17.1 Å². The van der Waals surface area contributed by atoms with Crippen LogP contribution in [0.1, 0.15) is 10.4 Å². The van der Waals surface area contributed by atoms with Gasteiger partial charge in [-0.2, -0.15) is 0 Å². The number of hydrogen-bond donors (Lipinski definition) is 0. The molecule has 21 heavy (non-hydrogen) atoms. The largest absolute Gasteiger partial charge is 0.497 e. The summed E-state index contributed by atoms with van der Waals surface area (Å²) in [5.41, 5.74) is 0.855. The Hall–Kier alpha value is -2.28. The summed E-state index contributed by atoms with van der Waals surface area (Å²) in [5.74, 6) is 1.41. The Balaban J connectivity index is 1.84. The van der Waals surface area contributed by atoms with Gasteiger partial charge in [-0.25, -0.2) is 4.57 Å². The van der Waals surface area contributed by atoms with Gasteiger partial charge in [0.1, 0.15) is 23.1 Å². The van der Waals surface area contributed by atoms with Crippen molar-refractivity contribution in [1.82, 2.24) is 14.8 Å². The van der Waals surface area contributed by atoms with Crippen molar-refractivity contribution in [3.05, 3.63) is 36.2 Å². The lowest BCUT2D eigenvalue weighted by molar-refractivity contribution is 0.0921. The molecular formula is C14H13N3O3S. The Kier molecular flexibility index (Phi) is 3.66. The number of rotatable bonds is 4. The van der Waals surface area contributed by atoms with E-state index < -0.39 is 0 Å². The molecule has 0 fully saturated rings. The number of nitrogens with zero attached hydrogens (tertiary/aromatic N) is 3. The molecule has 1 aliphatic heterocycles. The zero-order valence-corrected chi connectivity index (χ0v) is 12.3. The van der Waals surface area contributed by atoms with Crippen molar-refractivity contribution < 1.29 is 14.3 Å². The van der Waals surface area contributed by atoms with Crippen LogP contribution in [-0.4, -0.2) is 40.1 Å². The molecule has 1 unspecified atom stereocenters. The highest BCUT2D eigenvalue weighted by Gasteiger charge is 2.30. The van der Waals surface area contributed by atoms with E-state index in [1.807, 2.05) is 30.4 Å². The van der Waals surface area contributed by atoms with Gasteiger partial charge in [-0.05, 0) is 18.2 Å². The monoisotopic (exact) mass is 303 g/mol. The highest BCUT2D eigenvalue weighted by molar-refractivity contribution is 8.01. The zero-order valence-electron chi connectivity index (χ0n) is 11.5. The van der Waals surface area contributed by atoms with Crippen molar-refractivity contribution in [3.8, 4) is 11.5 Å². The summed E-state index contributed by atoms with van der Waals surface area (Å²) < 4.78 is 12.0. The van der Waals surface area contributed by atoms with E-state index in [1.54, 1.807) is 14.2 Å². The van der Waals surface area contributed by atoms with Gasteiger partial charge in [0.05, 0.1) is 14.2 Å². The third kappa shape index (κ3) is 2.52. The summed E-state index contributed by atoms with van der Waals surface area (Å²) in [6, 6.07) is 5.52. The normalized spacial score (nSPS) is 17.2. The van der Waals surface area contributed by atoms with Crippen LogP contribution in [0.15, 0.2) is 35.8 Å². The summed E-state index contributed by atoms with van der Waals surface area (Å²) >= 11 is 1.37. The van der Waals surface area contributed by atoms with Crippen LogP contribution in [0.4, 0.5) is 0 Å². The van der Waals surface area contributed by atoms with Crippen molar-refractivity contribution in [3.63, 3.8) is 0 Å². The molecule has 1 aromatic carbocycles. The van der Waals surface area contributed by atoms with Crippen LogP contribution < -0.4 is 9.47 Å². The second-order valence-electron chi connectivity index (χ2n) is 4.33. The molecule has 2 aromatic rings. The molecule has 1 aliphatic rings. The van der Waals surface area contributed by atoms with Crippen molar-refractivity contribution in [2.24, 2.45) is 0 Å². The first-order chi connectivity index (χ1) is 10.2. The number of benzene rings is 1. The molecular weight excluding hydrogens is 290 g/mol. The maximum absolute atomic E-state index is 12.1. The van der Waals surface area contributed by atoms with Crippen LogP contribution >= 0.6 is 11.8 Å². The lowest BCUT2D eigenvalue weighted by Crippen LogP contribution is -2.14. The molecule has 1 aromatic heterocycles. The number of thioether (sulfide) groups is 1. The van der Waals surface area contributed by atoms with Gasteiger partial charge in [0.15, 0.2) is 5.16 Å². The van der Waals surface area contributed by atoms with Gasteiger partial charge >= 0.3 is 0 Å². The fraction of sp³-hybridized carbons (Fsp3) is 0.214. The number of fused-ring (bicyclic) bond motifs is 1. The number of carbonyl (C=O) groups is 1. The molecule has 0 aliphatic carbocycles. The Morgan fingerprint density at radius 3 is 2.90 bits per heavy atom. The molecule has 0 saturated carbocycles. The topological polar surface area (TPSA) is 66.2 Å². The first-order valence-electron chi connectivity index (χ1n) is 6.24. The molecule has 0 bridgehead atoms. The lowest BCUT2D eigenvalue weighted by Gasteiger charge is -2.07. The van der Waals surface area contributed by atoms with Crippen LogP contribution in [0.25, 0.3) is 6.08 Å². The summed E-state index contributed by atoms with van der Waals surface area (Å²) in [4.78, 5) is 12.1. The van der Waals surface area contributed by atoms with E-state index in [4.69, 9.17) is 9.47 Å². The molecule has 0 spiro atoms. The SMILES string of the molecule is COc1ccc(OC)c(/C=C\C2Sc3nncn3C2=O)c1. The molecule has 0 amide bonds. The number of ether oxygens (including phenoxy) is 2. The van der Waals surface area contributed by atoms with Crippen LogP contribution in [0, 0.1) is 0 Å². The second-order valence-corrected chi connectivity index (χ2v) is 5.44. The first kappa shape index (κ1) is 13.7. The Bertz CT molecular complexity index is 711. The van der Waals surface area contributed by atoms with E-state index >= 15 is 0 Å². The summed E-state index contributed by atoms with van der Waals surface area (Å²) in [5, 5.41) is 7.92. The molecule has 3 rings (SSSR count). The van der Waals surface area contributed by atoms with Crippen LogP contribution in [0.3, 0.4) is 0 Å². The summed E-state index contributed by atoms with van der Waals surface area (Å²) in [6.45, 7) is 0. The molecule has 108 valence electrons. The first-order valence-corrected chi connectivity index (χ1v) is 7.12. The minimum absolute atomic E-state index is 0.0434. The molecule has 2 heterocycles. The maximum atomic E-state index is 12.1. The molecule has 0 saturated heterocycles. The standard InChI is InChI=1S/C14H13N3O3S/c1-19-10-4-5-11(20-2)9(7-10)3-6-12-13(18)17-8-15-16-14(17)21-12/h3-8,12H,1-2H3/b6-3-. The van der Waals surface area contributed by atoms with E-state index in [9.17, 15) is 4.79 Å². The highest BCUT2D eigenvalue weighted by Crippen LogP contribution is 2.32. The van der Waals surface area contributed by atoms with Crippen molar-refractivity contribution >= 4 is 23.7 Å². The maximum Gasteiger partial charge on any atom is 0.251 e. The molecule has 0 radical (unpaired) electrons. The Morgan fingerprint density at radius 1 is 1.33 bits per heavy atom. The second kappa shape index (κ2) is 5.61. The van der Waals surface area contributed by atoms with Gasteiger partial charge in [0, 0.05) is 5.56 Å². The van der Waals surface area contributed by atoms with Crippen molar-refractivity contribution in [2.45, 2.75) is 10.4 Å². The molecule has 0 N–H and O–H groups in total. The van der Waals surface area contributed by atoms with Crippen molar-refractivity contribution in [1.29, 1.82) is 0 Å². The average Bonchev–Trinajstić information content (AvgIpc) is 3.08. The van der Waals surface area contributed by atoms with Crippen molar-refractivity contribution in [2.75, 3.05) is 14.2 Å². The van der Waals surface area contributed by atoms with Gasteiger partial charge in [-0.3, -0.25) is 4.79 Å². The zero-order chi connectivity index (χ0) is 14.8. The van der Waals surface area contributed by atoms with Gasteiger partial charge in [-0.1, -0.05) is 23.9 Å². The van der Waals surface area contributed by atoms with E-state index in [-0.39, 0.29) is 11.2 Å². The Morgan fingerprint density at radius 2 is 2.19 bits per heavy atom. The van der Waals surface area contributed by atoms with Crippen LogP contribution in [0.2, 0.25) is 0 Å². The number of aromatic nitrogens is 3. The van der Waals surface area contributed by atoms with Gasteiger partial charge in [0.2, 0.25) is 0 Å². The smallest absolute Gasteiger partial charge is 0.251 e. The quantitative estimate of drug-likeness (QED) is 0.862. The van der Waals surface area contributed by atoms with E-state index in [1.165, 1.54) is 22.7 Å². The molecule has 7 heteroatoms. The summed E-state index contributed by atoms with van der Waals surface area (Å²) in [7, 11) is 3.22. The predicted octanol–water partition coefficient (Wildman–Crippen LogP) is 2.12. The Labute approximate surface area is 125 Å². The lowest BCUT2D eigenvalue weighted by atomic mass is 10.1. The van der Waals surface area contributed by atoms with Crippen LogP contribution in [-0.2, 0) is 0 Å². The van der Waals surface area contributed by atoms with Gasteiger partial charge < -0.3 is 9.47 Å². The number of carbonyl (C=O) groups excluding carboxylic acids is 1. The fourth-order valence-corrected chi connectivity index (χ4v) is 2.98. The minimum Gasteiger partial charge on any atom is -0.497 e. The third-order valence-electron chi connectivity index (χ3n) is 3.12. The van der Waals surface area contributed by atoms with Gasteiger partial charge in [0.25, 0.3) is 5.91 Å².